The Morgan fingerprint density at radius 2 is 1.84 bits per heavy atom. The summed E-state index contributed by atoms with van der Waals surface area (Å²) in [5, 5.41) is 12.1. The Morgan fingerprint density at radius 1 is 1.10 bits per heavy atom. The van der Waals surface area contributed by atoms with E-state index in [-0.39, 0.29) is 18.1 Å². The quantitative estimate of drug-likeness (QED) is 0.609. The SMILES string of the molecule is O=C(CCCS(=O)(=O)c1ccccc1)N1CCC(O)(Cn2ccc3ccncc32)CC1. The molecule has 0 unspecified atom stereocenters. The van der Waals surface area contributed by atoms with Crippen LogP contribution in [0.3, 0.4) is 0 Å². The van der Waals surface area contributed by atoms with Gasteiger partial charge >= 0.3 is 0 Å². The number of benzene rings is 1. The average molecular weight is 442 g/mol. The smallest absolute Gasteiger partial charge is 0.222 e. The molecule has 0 radical (unpaired) electrons. The molecule has 0 saturated carbocycles. The minimum atomic E-state index is -3.37. The summed E-state index contributed by atoms with van der Waals surface area (Å²) in [7, 11) is -3.37. The number of carbonyl (C=O) groups is 1. The van der Waals surface area contributed by atoms with E-state index in [2.05, 4.69) is 4.98 Å². The van der Waals surface area contributed by atoms with E-state index in [0.29, 0.717) is 43.8 Å². The molecule has 0 spiro atoms. The van der Waals surface area contributed by atoms with E-state index in [1.807, 2.05) is 22.9 Å². The molecule has 7 nitrogen and oxygen atoms in total. The highest BCUT2D eigenvalue weighted by atomic mass is 32.2. The van der Waals surface area contributed by atoms with Gasteiger partial charge in [0.2, 0.25) is 5.91 Å². The van der Waals surface area contributed by atoms with E-state index < -0.39 is 15.4 Å². The van der Waals surface area contributed by atoms with Crippen molar-refractivity contribution in [2.75, 3.05) is 18.8 Å². The minimum absolute atomic E-state index is 0.0464. The molecule has 8 heteroatoms. The minimum Gasteiger partial charge on any atom is -0.388 e. The lowest BCUT2D eigenvalue weighted by molar-refractivity contribution is -0.135. The van der Waals surface area contributed by atoms with Crippen LogP contribution in [0.2, 0.25) is 0 Å². The Kier molecular flexibility index (Phi) is 6.11. The summed E-state index contributed by atoms with van der Waals surface area (Å²) < 4.78 is 26.7. The lowest BCUT2D eigenvalue weighted by atomic mass is 9.91. The zero-order chi connectivity index (χ0) is 21.9. The molecule has 0 atom stereocenters. The van der Waals surface area contributed by atoms with Gasteiger partial charge in [0.15, 0.2) is 9.84 Å². The molecule has 1 saturated heterocycles. The van der Waals surface area contributed by atoms with Crippen molar-refractivity contribution in [3.63, 3.8) is 0 Å². The molecule has 1 aliphatic heterocycles. The first kappa shape index (κ1) is 21.5. The highest BCUT2D eigenvalue weighted by Crippen LogP contribution is 2.27. The Morgan fingerprint density at radius 3 is 2.58 bits per heavy atom. The summed E-state index contributed by atoms with van der Waals surface area (Å²) in [6.45, 7) is 1.40. The van der Waals surface area contributed by atoms with Crippen LogP contribution in [0.4, 0.5) is 0 Å². The summed E-state index contributed by atoms with van der Waals surface area (Å²) in [5.74, 6) is -0.101. The Hall–Kier alpha value is -2.71. The largest absolute Gasteiger partial charge is 0.388 e. The molecule has 0 bridgehead atoms. The number of sulfone groups is 1. The molecular formula is C23H27N3O4S. The molecular weight excluding hydrogens is 414 g/mol. The highest BCUT2D eigenvalue weighted by molar-refractivity contribution is 7.91. The summed E-state index contributed by atoms with van der Waals surface area (Å²) >= 11 is 0. The molecule has 1 aliphatic rings. The third-order valence-electron chi connectivity index (χ3n) is 5.99. The molecule has 2 aromatic heterocycles. The lowest BCUT2D eigenvalue weighted by Gasteiger charge is -2.38. The van der Waals surface area contributed by atoms with Crippen LogP contribution in [0.25, 0.3) is 10.9 Å². The van der Waals surface area contributed by atoms with Crippen LogP contribution >= 0.6 is 0 Å². The van der Waals surface area contributed by atoms with Crippen LogP contribution in [-0.4, -0.2) is 58.3 Å². The summed E-state index contributed by atoms with van der Waals surface area (Å²) in [5.41, 5.74) is 0.101. The fourth-order valence-corrected chi connectivity index (χ4v) is 5.46. The second-order valence-corrected chi connectivity index (χ2v) is 10.3. The van der Waals surface area contributed by atoms with Gasteiger partial charge in [-0.25, -0.2) is 8.42 Å². The van der Waals surface area contributed by atoms with Gasteiger partial charge in [-0.1, -0.05) is 18.2 Å². The molecule has 31 heavy (non-hydrogen) atoms. The average Bonchev–Trinajstić information content (AvgIpc) is 3.17. The number of amides is 1. The van der Waals surface area contributed by atoms with Gasteiger partial charge < -0.3 is 14.6 Å². The number of piperidine rings is 1. The third-order valence-corrected chi connectivity index (χ3v) is 7.81. The first-order valence-corrected chi connectivity index (χ1v) is 12.2. The van der Waals surface area contributed by atoms with Gasteiger partial charge in [0.25, 0.3) is 0 Å². The molecule has 3 heterocycles. The Balaban J connectivity index is 1.27. The summed E-state index contributed by atoms with van der Waals surface area (Å²) in [6.07, 6.45) is 6.95. The maximum atomic E-state index is 12.6. The molecule has 4 rings (SSSR count). The van der Waals surface area contributed by atoms with Gasteiger partial charge in [0.1, 0.15) is 0 Å². The monoisotopic (exact) mass is 441 g/mol. The Labute approximate surface area is 182 Å². The molecule has 0 aliphatic carbocycles. The van der Waals surface area contributed by atoms with Crippen molar-refractivity contribution in [2.45, 2.75) is 42.7 Å². The highest BCUT2D eigenvalue weighted by Gasteiger charge is 2.34. The predicted molar refractivity (Wildman–Crippen MR) is 118 cm³/mol. The van der Waals surface area contributed by atoms with Crippen molar-refractivity contribution in [3.8, 4) is 0 Å². The zero-order valence-electron chi connectivity index (χ0n) is 17.4. The van der Waals surface area contributed by atoms with Crippen molar-refractivity contribution in [1.29, 1.82) is 0 Å². The molecule has 1 N–H and O–H groups in total. The number of aliphatic hydroxyl groups is 1. The van der Waals surface area contributed by atoms with Gasteiger partial charge in [0.05, 0.1) is 34.5 Å². The van der Waals surface area contributed by atoms with Crippen LogP contribution in [0.15, 0.2) is 66.0 Å². The van der Waals surface area contributed by atoms with E-state index in [4.69, 9.17) is 0 Å². The van der Waals surface area contributed by atoms with Crippen LogP contribution in [0.1, 0.15) is 25.7 Å². The van der Waals surface area contributed by atoms with E-state index in [0.717, 1.165) is 10.9 Å². The van der Waals surface area contributed by atoms with Crippen LogP contribution < -0.4 is 0 Å². The van der Waals surface area contributed by atoms with E-state index in [1.54, 1.807) is 47.6 Å². The number of hydrogen-bond acceptors (Lipinski definition) is 5. The number of rotatable bonds is 7. The van der Waals surface area contributed by atoms with E-state index in [9.17, 15) is 18.3 Å². The fourth-order valence-electron chi connectivity index (χ4n) is 4.13. The van der Waals surface area contributed by atoms with Crippen molar-refractivity contribution in [3.05, 3.63) is 61.1 Å². The standard InChI is InChI=1S/C23H27N3O4S/c27-22(7-4-16-31(29,30)20-5-2-1-3-6-20)25-14-10-23(28,11-15-25)18-26-13-9-19-8-12-24-17-21(19)26/h1-3,5-6,8-9,12-13,17,28H,4,7,10-11,14-16,18H2. The van der Waals surface area contributed by atoms with E-state index in [1.165, 1.54) is 0 Å². The topological polar surface area (TPSA) is 92.5 Å². The first-order chi connectivity index (χ1) is 14.9. The van der Waals surface area contributed by atoms with Crippen LogP contribution in [-0.2, 0) is 21.2 Å². The second kappa shape index (κ2) is 8.80. The summed E-state index contributed by atoms with van der Waals surface area (Å²) in [4.78, 5) is 18.7. The van der Waals surface area contributed by atoms with Gasteiger partial charge in [-0.15, -0.1) is 0 Å². The molecule has 1 fully saturated rings. The number of pyridine rings is 1. The molecule has 3 aromatic rings. The van der Waals surface area contributed by atoms with Gasteiger partial charge in [-0.3, -0.25) is 9.78 Å². The van der Waals surface area contributed by atoms with E-state index >= 15 is 0 Å². The fraction of sp³-hybridized carbons (Fsp3) is 0.391. The van der Waals surface area contributed by atoms with Crippen molar-refractivity contribution in [2.24, 2.45) is 0 Å². The number of hydrogen-bond donors (Lipinski definition) is 1. The van der Waals surface area contributed by atoms with Gasteiger partial charge in [-0.05, 0) is 43.5 Å². The number of fused-ring (bicyclic) bond motifs is 1. The van der Waals surface area contributed by atoms with Crippen LogP contribution in [0, 0.1) is 0 Å². The first-order valence-electron chi connectivity index (χ1n) is 10.5. The van der Waals surface area contributed by atoms with Crippen molar-refractivity contribution >= 4 is 26.6 Å². The number of aromatic nitrogens is 2. The number of nitrogens with zero attached hydrogens (tertiary/aromatic N) is 3. The maximum Gasteiger partial charge on any atom is 0.222 e. The zero-order valence-corrected chi connectivity index (χ0v) is 18.2. The number of carbonyl (C=O) groups excluding carboxylic acids is 1. The van der Waals surface area contributed by atoms with Crippen molar-refractivity contribution < 1.29 is 18.3 Å². The summed E-state index contributed by atoms with van der Waals surface area (Å²) in [6, 6.07) is 12.3. The lowest BCUT2D eigenvalue weighted by Crippen LogP contribution is -2.48. The molecule has 1 amide bonds. The van der Waals surface area contributed by atoms with Gasteiger partial charge in [-0.2, -0.15) is 0 Å². The predicted octanol–water partition coefficient (Wildman–Crippen LogP) is 2.64. The third kappa shape index (κ3) is 4.97. The van der Waals surface area contributed by atoms with Crippen LogP contribution in [0.5, 0.6) is 0 Å². The Bertz CT molecular complexity index is 1150. The molecule has 1 aromatic carbocycles. The molecule has 164 valence electrons. The van der Waals surface area contributed by atoms with Gasteiger partial charge in [0, 0.05) is 37.3 Å². The second-order valence-electron chi connectivity index (χ2n) is 8.22. The van der Waals surface area contributed by atoms with Crippen molar-refractivity contribution in [1.82, 2.24) is 14.5 Å². The number of likely N-dealkylation sites (tertiary alicyclic amines) is 1. The maximum absolute atomic E-state index is 12.6. The normalized spacial score (nSPS) is 16.5.